The standard InChI is InChI=1S/C21H23N3O5/c1-13-5-7-17(14(2)9-13)28-12-16-6-8-18(29-16)19(25)23-15-10-22-24(11-15)21(3,4)20(26)27/h5-11H,12H2,1-4H3,(H,23,25)(H,26,27). The van der Waals surface area contributed by atoms with Crippen molar-refractivity contribution in [2.24, 2.45) is 0 Å². The van der Waals surface area contributed by atoms with Crippen molar-refractivity contribution < 1.29 is 23.8 Å². The molecule has 152 valence electrons. The van der Waals surface area contributed by atoms with Gasteiger partial charge in [-0.15, -0.1) is 0 Å². The second-order valence-electron chi connectivity index (χ2n) is 7.32. The van der Waals surface area contributed by atoms with Gasteiger partial charge in [0.05, 0.1) is 11.9 Å². The molecule has 0 unspecified atom stereocenters. The number of aliphatic carboxylic acids is 1. The number of hydrogen-bond acceptors (Lipinski definition) is 5. The Labute approximate surface area is 168 Å². The van der Waals surface area contributed by atoms with Gasteiger partial charge in [-0.3, -0.25) is 9.48 Å². The van der Waals surface area contributed by atoms with Crippen molar-refractivity contribution in [1.82, 2.24) is 9.78 Å². The maximum atomic E-state index is 12.4. The lowest BCUT2D eigenvalue weighted by Gasteiger charge is -2.19. The van der Waals surface area contributed by atoms with Crippen molar-refractivity contribution in [2.45, 2.75) is 39.8 Å². The minimum Gasteiger partial charge on any atom is -0.485 e. The smallest absolute Gasteiger partial charge is 0.331 e. The third-order valence-corrected chi connectivity index (χ3v) is 4.52. The molecule has 0 radical (unpaired) electrons. The quantitative estimate of drug-likeness (QED) is 0.629. The van der Waals surface area contributed by atoms with Crippen molar-refractivity contribution in [2.75, 3.05) is 5.32 Å². The van der Waals surface area contributed by atoms with Crippen LogP contribution in [0, 0.1) is 13.8 Å². The van der Waals surface area contributed by atoms with Gasteiger partial charge in [0.2, 0.25) is 0 Å². The number of carbonyl (C=O) groups is 2. The zero-order valence-corrected chi connectivity index (χ0v) is 16.7. The molecule has 8 nitrogen and oxygen atoms in total. The summed E-state index contributed by atoms with van der Waals surface area (Å²) in [5.41, 5.74) is 1.32. The van der Waals surface area contributed by atoms with Crippen molar-refractivity contribution >= 4 is 17.6 Å². The van der Waals surface area contributed by atoms with Crippen LogP contribution in [0.15, 0.2) is 47.1 Å². The molecule has 3 aromatic rings. The first-order chi connectivity index (χ1) is 13.7. The average molecular weight is 397 g/mol. The molecule has 0 aliphatic carbocycles. The molecule has 2 heterocycles. The largest absolute Gasteiger partial charge is 0.485 e. The van der Waals surface area contributed by atoms with Gasteiger partial charge in [-0.2, -0.15) is 5.10 Å². The van der Waals surface area contributed by atoms with Crippen LogP contribution in [0.1, 0.15) is 41.3 Å². The van der Waals surface area contributed by atoms with Crippen LogP contribution in [0.5, 0.6) is 5.75 Å². The highest BCUT2D eigenvalue weighted by Crippen LogP contribution is 2.21. The molecule has 0 aliphatic heterocycles. The predicted octanol–water partition coefficient (Wildman–Crippen LogP) is 3.74. The number of anilines is 1. The van der Waals surface area contributed by atoms with Crippen molar-refractivity contribution in [1.29, 1.82) is 0 Å². The molecule has 1 amide bonds. The van der Waals surface area contributed by atoms with Crippen molar-refractivity contribution in [3.05, 3.63) is 65.4 Å². The Kier molecular flexibility index (Phi) is 5.45. The number of ether oxygens (including phenoxy) is 1. The van der Waals surface area contributed by atoms with Gasteiger partial charge in [-0.1, -0.05) is 17.7 Å². The normalized spacial score (nSPS) is 11.3. The second-order valence-corrected chi connectivity index (χ2v) is 7.32. The molecule has 2 aromatic heterocycles. The van der Waals surface area contributed by atoms with E-state index in [2.05, 4.69) is 10.4 Å². The van der Waals surface area contributed by atoms with Gasteiger partial charge in [0, 0.05) is 6.20 Å². The van der Waals surface area contributed by atoms with Gasteiger partial charge in [0.25, 0.3) is 5.91 Å². The number of aromatic nitrogens is 2. The van der Waals surface area contributed by atoms with Crippen LogP contribution >= 0.6 is 0 Å². The summed E-state index contributed by atoms with van der Waals surface area (Å²) in [7, 11) is 0. The number of amides is 1. The van der Waals surface area contributed by atoms with E-state index in [0.717, 1.165) is 16.9 Å². The van der Waals surface area contributed by atoms with Gasteiger partial charge in [-0.05, 0) is 51.5 Å². The zero-order chi connectivity index (χ0) is 21.2. The van der Waals surface area contributed by atoms with Crippen LogP contribution in [-0.4, -0.2) is 26.8 Å². The molecule has 29 heavy (non-hydrogen) atoms. The Morgan fingerprint density at radius 1 is 1.24 bits per heavy atom. The number of carbonyl (C=O) groups excluding carboxylic acids is 1. The number of carboxylic acid groups (broad SMARTS) is 1. The maximum Gasteiger partial charge on any atom is 0.331 e. The predicted molar refractivity (Wildman–Crippen MR) is 106 cm³/mol. The molecule has 2 N–H and O–H groups in total. The van der Waals surface area contributed by atoms with Crippen LogP contribution in [0.2, 0.25) is 0 Å². The summed E-state index contributed by atoms with van der Waals surface area (Å²) in [5, 5.41) is 15.9. The fraction of sp³-hybridized carbons (Fsp3) is 0.286. The van der Waals surface area contributed by atoms with Gasteiger partial charge in [0.1, 0.15) is 18.1 Å². The van der Waals surface area contributed by atoms with E-state index in [4.69, 9.17) is 9.15 Å². The van der Waals surface area contributed by atoms with E-state index in [1.54, 1.807) is 12.1 Å². The van der Waals surface area contributed by atoms with Gasteiger partial charge >= 0.3 is 5.97 Å². The van der Waals surface area contributed by atoms with Crippen LogP contribution in [0.3, 0.4) is 0 Å². The molecule has 0 saturated carbocycles. The summed E-state index contributed by atoms with van der Waals surface area (Å²) in [6.07, 6.45) is 2.84. The lowest BCUT2D eigenvalue weighted by molar-refractivity contribution is -0.146. The number of nitrogens with one attached hydrogen (secondary N) is 1. The molecular weight excluding hydrogens is 374 g/mol. The molecule has 0 saturated heterocycles. The molecule has 0 atom stereocenters. The fourth-order valence-corrected chi connectivity index (χ4v) is 2.67. The SMILES string of the molecule is Cc1ccc(OCc2ccc(C(=O)Nc3cnn(C(C)(C)C(=O)O)c3)o2)c(C)c1. The van der Waals surface area contributed by atoms with E-state index < -0.39 is 17.4 Å². The van der Waals surface area contributed by atoms with Gasteiger partial charge in [-0.25, -0.2) is 4.79 Å². The minimum atomic E-state index is -1.23. The highest BCUT2D eigenvalue weighted by molar-refractivity contribution is 6.02. The fourth-order valence-electron chi connectivity index (χ4n) is 2.67. The second kappa shape index (κ2) is 7.83. The first kappa shape index (κ1) is 20.2. The molecule has 0 spiro atoms. The number of rotatable bonds is 7. The maximum absolute atomic E-state index is 12.4. The van der Waals surface area contributed by atoms with Crippen LogP contribution < -0.4 is 10.1 Å². The highest BCUT2D eigenvalue weighted by atomic mass is 16.5. The summed E-state index contributed by atoms with van der Waals surface area (Å²) >= 11 is 0. The van der Waals surface area contributed by atoms with E-state index in [1.807, 2.05) is 32.0 Å². The molecule has 8 heteroatoms. The molecule has 0 bridgehead atoms. The van der Waals surface area contributed by atoms with Crippen LogP contribution in [0.25, 0.3) is 0 Å². The monoisotopic (exact) mass is 397 g/mol. The Balaban J connectivity index is 1.62. The molecule has 3 rings (SSSR count). The number of nitrogens with zero attached hydrogens (tertiary/aromatic N) is 2. The number of aryl methyl sites for hydroxylation is 2. The van der Waals surface area contributed by atoms with Crippen LogP contribution in [0.4, 0.5) is 5.69 Å². The Morgan fingerprint density at radius 3 is 2.69 bits per heavy atom. The summed E-state index contributed by atoms with van der Waals surface area (Å²) in [6.45, 7) is 7.21. The first-order valence-electron chi connectivity index (χ1n) is 9.05. The zero-order valence-electron chi connectivity index (χ0n) is 16.7. The van der Waals surface area contributed by atoms with Crippen molar-refractivity contribution in [3.63, 3.8) is 0 Å². The molecule has 1 aromatic carbocycles. The Bertz CT molecular complexity index is 1050. The Hall–Kier alpha value is -3.55. The van der Waals surface area contributed by atoms with Gasteiger partial charge in [0.15, 0.2) is 11.3 Å². The number of carboxylic acids is 1. The van der Waals surface area contributed by atoms with E-state index in [1.165, 1.54) is 30.9 Å². The summed E-state index contributed by atoms with van der Waals surface area (Å²) < 4.78 is 12.6. The first-order valence-corrected chi connectivity index (χ1v) is 9.05. The molecule has 0 aliphatic rings. The molecular formula is C21H23N3O5. The number of hydrogen-bond donors (Lipinski definition) is 2. The summed E-state index contributed by atoms with van der Waals surface area (Å²) in [6, 6.07) is 9.13. The lowest BCUT2D eigenvalue weighted by Crippen LogP contribution is -2.35. The highest BCUT2D eigenvalue weighted by Gasteiger charge is 2.30. The van der Waals surface area contributed by atoms with E-state index in [0.29, 0.717) is 11.4 Å². The number of furan rings is 1. The molecule has 0 fully saturated rings. The summed E-state index contributed by atoms with van der Waals surface area (Å²) in [5.74, 6) is -0.104. The lowest BCUT2D eigenvalue weighted by atomic mass is 10.1. The van der Waals surface area contributed by atoms with E-state index >= 15 is 0 Å². The van der Waals surface area contributed by atoms with Gasteiger partial charge < -0.3 is 19.6 Å². The third kappa shape index (κ3) is 4.48. The Morgan fingerprint density at radius 2 is 2.00 bits per heavy atom. The minimum absolute atomic E-state index is 0.120. The number of benzene rings is 1. The third-order valence-electron chi connectivity index (χ3n) is 4.52. The summed E-state index contributed by atoms with van der Waals surface area (Å²) in [4.78, 5) is 23.7. The van der Waals surface area contributed by atoms with E-state index in [-0.39, 0.29) is 12.4 Å². The van der Waals surface area contributed by atoms with Crippen molar-refractivity contribution in [3.8, 4) is 5.75 Å². The van der Waals surface area contributed by atoms with E-state index in [9.17, 15) is 14.7 Å². The average Bonchev–Trinajstić information content (AvgIpc) is 3.30. The van der Waals surface area contributed by atoms with Crippen LogP contribution in [-0.2, 0) is 16.9 Å². The topological polar surface area (TPSA) is 107 Å².